The Kier molecular flexibility index (Phi) is 7.05. The molecule has 0 bridgehead atoms. The Balaban J connectivity index is 1.68. The fraction of sp³-hybridized carbons (Fsp3) is 0.381. The summed E-state index contributed by atoms with van der Waals surface area (Å²) >= 11 is 12.3. The predicted octanol–water partition coefficient (Wildman–Crippen LogP) is 3.81. The van der Waals surface area contributed by atoms with Gasteiger partial charge in [0.1, 0.15) is 18.1 Å². The molecule has 1 heterocycles. The molecule has 0 aromatic heterocycles. The summed E-state index contributed by atoms with van der Waals surface area (Å²) < 4.78 is 38.9. The lowest BCUT2D eigenvalue weighted by molar-refractivity contribution is 0.0954. The first kappa shape index (κ1) is 23.7. The molecule has 1 aliphatic heterocycles. The van der Waals surface area contributed by atoms with Gasteiger partial charge in [0.05, 0.1) is 10.0 Å². The zero-order valence-corrected chi connectivity index (χ0v) is 19.7. The van der Waals surface area contributed by atoms with Crippen molar-refractivity contribution in [1.82, 2.24) is 10.0 Å². The number of carbonyl (C=O) groups is 1. The SMILES string of the molecule is CC(C)(C)NS(=O)(=O)c1cc(C(=O)NCCc2cc(Cl)c3c(c2)OCCO3)ccc1Cl. The van der Waals surface area contributed by atoms with Crippen LogP contribution in [-0.2, 0) is 16.4 Å². The van der Waals surface area contributed by atoms with Crippen molar-refractivity contribution in [2.24, 2.45) is 0 Å². The minimum atomic E-state index is -3.88. The van der Waals surface area contributed by atoms with E-state index in [2.05, 4.69) is 10.0 Å². The van der Waals surface area contributed by atoms with E-state index in [9.17, 15) is 13.2 Å². The zero-order valence-electron chi connectivity index (χ0n) is 17.4. The highest BCUT2D eigenvalue weighted by molar-refractivity contribution is 7.89. The van der Waals surface area contributed by atoms with Gasteiger partial charge in [0.2, 0.25) is 10.0 Å². The normalized spacial score (nSPS) is 13.7. The van der Waals surface area contributed by atoms with E-state index in [1.807, 2.05) is 6.07 Å². The van der Waals surface area contributed by atoms with Gasteiger partial charge in [-0.25, -0.2) is 13.1 Å². The van der Waals surface area contributed by atoms with Crippen LogP contribution in [-0.4, -0.2) is 39.6 Å². The first-order valence-corrected chi connectivity index (χ1v) is 11.9. The molecule has 0 saturated heterocycles. The second-order valence-corrected chi connectivity index (χ2v) is 10.6. The van der Waals surface area contributed by atoms with Crippen molar-refractivity contribution < 1.29 is 22.7 Å². The van der Waals surface area contributed by atoms with Crippen molar-refractivity contribution in [2.45, 2.75) is 37.6 Å². The Morgan fingerprint density at radius 2 is 1.77 bits per heavy atom. The molecule has 3 rings (SSSR count). The van der Waals surface area contributed by atoms with Crippen LogP contribution in [0.15, 0.2) is 35.2 Å². The van der Waals surface area contributed by atoms with E-state index in [0.29, 0.717) is 42.7 Å². The number of hydrogen-bond acceptors (Lipinski definition) is 5. The summed E-state index contributed by atoms with van der Waals surface area (Å²) in [5.74, 6) is 0.700. The minimum Gasteiger partial charge on any atom is -0.486 e. The van der Waals surface area contributed by atoms with Crippen molar-refractivity contribution in [1.29, 1.82) is 0 Å². The average Bonchev–Trinajstić information content (AvgIpc) is 2.66. The Hall–Kier alpha value is -2.00. The molecule has 2 aromatic carbocycles. The molecule has 2 aromatic rings. The molecule has 168 valence electrons. The number of ether oxygens (including phenoxy) is 2. The highest BCUT2D eigenvalue weighted by Crippen LogP contribution is 2.38. The number of fused-ring (bicyclic) bond motifs is 1. The molecule has 2 N–H and O–H groups in total. The summed E-state index contributed by atoms with van der Waals surface area (Å²) in [6.45, 7) is 6.39. The molecular weight excluding hydrogens is 463 g/mol. The summed E-state index contributed by atoms with van der Waals surface area (Å²) in [6, 6.07) is 7.75. The third kappa shape index (κ3) is 6.04. The lowest BCUT2D eigenvalue weighted by Gasteiger charge is -2.21. The summed E-state index contributed by atoms with van der Waals surface area (Å²) in [5.41, 5.74) is 0.382. The highest BCUT2D eigenvalue weighted by Gasteiger charge is 2.25. The van der Waals surface area contributed by atoms with E-state index in [1.165, 1.54) is 18.2 Å². The van der Waals surface area contributed by atoms with Crippen molar-refractivity contribution in [3.8, 4) is 11.5 Å². The van der Waals surface area contributed by atoms with Crippen molar-refractivity contribution in [3.63, 3.8) is 0 Å². The standard InChI is InChI=1S/C21H24Cl2N2O5S/c1-21(2,3)25-31(27,28)18-12-14(4-5-15(18)22)20(26)24-7-6-13-10-16(23)19-17(11-13)29-8-9-30-19/h4-5,10-12,25H,6-9H2,1-3H3,(H,24,26). The molecule has 0 spiro atoms. The van der Waals surface area contributed by atoms with Crippen LogP contribution in [0.5, 0.6) is 11.5 Å². The first-order valence-electron chi connectivity index (χ1n) is 9.66. The first-order chi connectivity index (χ1) is 14.5. The average molecular weight is 487 g/mol. The van der Waals surface area contributed by atoms with Crippen LogP contribution in [0.3, 0.4) is 0 Å². The lowest BCUT2D eigenvalue weighted by atomic mass is 10.1. The van der Waals surface area contributed by atoms with Gasteiger partial charge >= 0.3 is 0 Å². The lowest BCUT2D eigenvalue weighted by Crippen LogP contribution is -2.40. The van der Waals surface area contributed by atoms with Crippen LogP contribution in [0.25, 0.3) is 0 Å². The largest absolute Gasteiger partial charge is 0.486 e. The predicted molar refractivity (Wildman–Crippen MR) is 120 cm³/mol. The molecule has 10 heteroatoms. The molecule has 0 saturated carbocycles. The number of sulfonamides is 1. The van der Waals surface area contributed by atoms with Crippen LogP contribution in [0.1, 0.15) is 36.7 Å². The smallest absolute Gasteiger partial charge is 0.251 e. The van der Waals surface area contributed by atoms with Gasteiger partial charge in [-0.2, -0.15) is 0 Å². The fourth-order valence-electron chi connectivity index (χ4n) is 3.04. The van der Waals surface area contributed by atoms with E-state index >= 15 is 0 Å². The van der Waals surface area contributed by atoms with Crippen LogP contribution < -0.4 is 19.5 Å². The summed E-state index contributed by atoms with van der Waals surface area (Å²) in [5, 5.41) is 3.28. The molecule has 1 aliphatic rings. The van der Waals surface area contributed by atoms with Crippen molar-refractivity contribution in [2.75, 3.05) is 19.8 Å². The van der Waals surface area contributed by atoms with Crippen LogP contribution in [0.2, 0.25) is 10.0 Å². The van der Waals surface area contributed by atoms with E-state index in [1.54, 1.807) is 26.8 Å². The quantitative estimate of drug-likeness (QED) is 0.647. The van der Waals surface area contributed by atoms with Gasteiger partial charge in [0.15, 0.2) is 11.5 Å². The molecule has 31 heavy (non-hydrogen) atoms. The number of rotatable bonds is 6. The maximum Gasteiger partial charge on any atom is 0.251 e. The van der Waals surface area contributed by atoms with Crippen LogP contribution >= 0.6 is 23.2 Å². The molecule has 0 atom stereocenters. The number of hydrogen-bond donors (Lipinski definition) is 2. The second kappa shape index (κ2) is 9.24. The van der Waals surface area contributed by atoms with E-state index < -0.39 is 21.5 Å². The molecule has 7 nitrogen and oxygen atoms in total. The maximum absolute atomic E-state index is 12.6. The minimum absolute atomic E-state index is 0.0409. The van der Waals surface area contributed by atoms with Crippen molar-refractivity contribution in [3.05, 3.63) is 51.5 Å². The van der Waals surface area contributed by atoms with Gasteiger partial charge < -0.3 is 14.8 Å². The molecule has 0 aliphatic carbocycles. The third-order valence-electron chi connectivity index (χ3n) is 4.28. The monoisotopic (exact) mass is 486 g/mol. The zero-order chi connectivity index (χ0) is 22.8. The number of amides is 1. The molecular formula is C21H24Cl2N2O5S. The summed E-state index contributed by atoms with van der Waals surface area (Å²) in [7, 11) is -3.88. The Morgan fingerprint density at radius 3 is 2.48 bits per heavy atom. The second-order valence-electron chi connectivity index (χ2n) is 8.11. The number of nitrogens with one attached hydrogen (secondary N) is 2. The highest BCUT2D eigenvalue weighted by atomic mass is 35.5. The topological polar surface area (TPSA) is 93.7 Å². The van der Waals surface area contributed by atoms with Gasteiger partial charge in [0.25, 0.3) is 5.91 Å². The molecule has 1 amide bonds. The van der Waals surface area contributed by atoms with E-state index in [-0.39, 0.29) is 15.5 Å². The maximum atomic E-state index is 12.6. The van der Waals surface area contributed by atoms with E-state index in [4.69, 9.17) is 32.7 Å². The van der Waals surface area contributed by atoms with E-state index in [0.717, 1.165) is 5.56 Å². The Morgan fingerprint density at radius 1 is 1.06 bits per heavy atom. The Bertz CT molecular complexity index is 1100. The van der Waals surface area contributed by atoms with Crippen LogP contribution in [0, 0.1) is 0 Å². The number of benzene rings is 2. The molecule has 0 unspecified atom stereocenters. The van der Waals surface area contributed by atoms with Crippen LogP contribution in [0.4, 0.5) is 0 Å². The molecule has 0 fully saturated rings. The summed E-state index contributed by atoms with van der Waals surface area (Å²) in [6.07, 6.45) is 0.506. The fourth-order valence-corrected chi connectivity index (χ4v) is 5.27. The van der Waals surface area contributed by atoms with Crippen molar-refractivity contribution >= 4 is 39.1 Å². The Labute approximate surface area is 192 Å². The van der Waals surface area contributed by atoms with Gasteiger partial charge in [0, 0.05) is 17.6 Å². The van der Waals surface area contributed by atoms with Gasteiger partial charge in [-0.1, -0.05) is 23.2 Å². The van der Waals surface area contributed by atoms with Gasteiger partial charge in [-0.15, -0.1) is 0 Å². The van der Waals surface area contributed by atoms with Gasteiger partial charge in [-0.05, 0) is 63.1 Å². The molecule has 0 radical (unpaired) electrons. The number of halogens is 2. The van der Waals surface area contributed by atoms with Gasteiger partial charge in [-0.3, -0.25) is 4.79 Å². The third-order valence-corrected chi connectivity index (χ3v) is 6.80. The number of carbonyl (C=O) groups excluding carboxylic acids is 1. The summed E-state index contributed by atoms with van der Waals surface area (Å²) in [4.78, 5) is 12.4.